The maximum Gasteiger partial charge on any atom is 0.500 e. The Morgan fingerprint density at radius 3 is 1.35 bits per heavy atom. The average molecular weight is 413 g/mol. The van der Waals surface area contributed by atoms with Gasteiger partial charge >= 0.3 is 23.6 Å². The van der Waals surface area contributed by atoms with Gasteiger partial charge in [0.2, 0.25) is 0 Å². The molecule has 0 aliphatic carbocycles. The number of rotatable bonds is 16. The van der Waals surface area contributed by atoms with E-state index in [4.69, 9.17) is 31.3 Å². The Labute approximate surface area is 160 Å². The van der Waals surface area contributed by atoms with Gasteiger partial charge < -0.3 is 31.3 Å². The van der Waals surface area contributed by atoms with Crippen molar-refractivity contribution >= 4 is 23.6 Å². The van der Waals surface area contributed by atoms with Crippen molar-refractivity contribution in [1.29, 1.82) is 0 Å². The maximum absolute atomic E-state index is 11.2. The summed E-state index contributed by atoms with van der Waals surface area (Å²) < 4.78 is 37.9. The molecule has 0 amide bonds. The first-order chi connectivity index (χ1) is 12.4. The third-order valence-corrected chi connectivity index (χ3v) is 10.2. The summed E-state index contributed by atoms with van der Waals surface area (Å²) in [7, 11) is 4.53. The van der Waals surface area contributed by atoms with Crippen molar-refractivity contribution < 1.29 is 36.1 Å². The molecule has 0 aromatic carbocycles. The zero-order valence-electron chi connectivity index (χ0n) is 17.3. The molecule has 156 valence electrons. The summed E-state index contributed by atoms with van der Waals surface area (Å²) in [6.07, 6.45) is 3.52. The molecule has 0 atom stereocenters. The van der Waals surface area contributed by atoms with Gasteiger partial charge in [-0.25, -0.2) is 0 Å². The van der Waals surface area contributed by atoms with Gasteiger partial charge in [-0.1, -0.05) is 0 Å². The summed E-state index contributed by atoms with van der Waals surface area (Å²) in [5, 5.41) is 0. The fraction of sp³-hybridized carbons (Fsp3) is 0.938. The van der Waals surface area contributed by atoms with Crippen LogP contribution < -0.4 is 0 Å². The number of esters is 1. The second-order valence-corrected chi connectivity index (χ2v) is 12.2. The van der Waals surface area contributed by atoms with Gasteiger partial charge in [0.25, 0.3) is 0 Å². The smallest absolute Gasteiger partial charge is 0.466 e. The molecule has 0 saturated carbocycles. The van der Waals surface area contributed by atoms with Crippen molar-refractivity contribution in [3.63, 3.8) is 0 Å². The topological polar surface area (TPSA) is 81.7 Å². The summed E-state index contributed by atoms with van der Waals surface area (Å²) >= 11 is 0. The van der Waals surface area contributed by atoms with E-state index < -0.39 is 17.6 Å². The minimum atomic E-state index is -2.57. The summed E-state index contributed by atoms with van der Waals surface area (Å²) in [6, 6.07) is 1.44. The highest BCUT2D eigenvalue weighted by atomic mass is 28.4. The Kier molecular flexibility index (Phi) is 13.6. The highest BCUT2D eigenvalue weighted by molar-refractivity contribution is 6.60. The van der Waals surface area contributed by atoms with Crippen LogP contribution in [0.1, 0.15) is 32.6 Å². The van der Waals surface area contributed by atoms with Crippen LogP contribution in [-0.4, -0.2) is 72.8 Å². The number of hydrogen-bond acceptors (Lipinski definition) is 8. The molecule has 26 heavy (non-hydrogen) atoms. The molecule has 0 heterocycles. The van der Waals surface area contributed by atoms with Crippen LogP contribution in [0.3, 0.4) is 0 Å². The summed E-state index contributed by atoms with van der Waals surface area (Å²) in [6.45, 7) is 1.83. The van der Waals surface area contributed by atoms with Crippen LogP contribution >= 0.6 is 0 Å². The van der Waals surface area contributed by atoms with E-state index in [0.29, 0.717) is 6.61 Å². The van der Waals surface area contributed by atoms with Crippen molar-refractivity contribution in [2.75, 3.05) is 49.3 Å². The molecule has 0 radical (unpaired) electrons. The maximum atomic E-state index is 11.2. The molecule has 0 rings (SSSR count). The lowest BCUT2D eigenvalue weighted by Crippen LogP contribution is -2.43. The van der Waals surface area contributed by atoms with Gasteiger partial charge in [0.05, 0.1) is 6.61 Å². The Hall–Kier alpha value is -0.336. The molecule has 0 aromatic rings. The molecule has 0 aliphatic heterocycles. The van der Waals surface area contributed by atoms with Crippen LogP contribution in [0.4, 0.5) is 0 Å². The third kappa shape index (κ3) is 9.04. The standard InChI is InChI=1S/C16H36O8Si2/c1-15(17)24-14-16(10-8-12-25(18-2,19-3)20-4)11-9-13-26(21-5,22-6)23-7/h16H,8-14H2,1-7H3. The molecule has 10 heteroatoms. The molecule has 0 bridgehead atoms. The van der Waals surface area contributed by atoms with Gasteiger partial charge in [0.1, 0.15) is 0 Å². The molecule has 0 unspecified atom stereocenters. The number of carbonyl (C=O) groups is 1. The van der Waals surface area contributed by atoms with Crippen LogP contribution in [-0.2, 0) is 36.1 Å². The van der Waals surface area contributed by atoms with Crippen LogP contribution in [0.5, 0.6) is 0 Å². The van der Waals surface area contributed by atoms with Crippen LogP contribution in [0.2, 0.25) is 12.1 Å². The Morgan fingerprint density at radius 1 is 0.731 bits per heavy atom. The van der Waals surface area contributed by atoms with E-state index in [1.54, 1.807) is 42.7 Å². The lowest BCUT2D eigenvalue weighted by atomic mass is 9.99. The highest BCUT2D eigenvalue weighted by Gasteiger charge is 2.38. The van der Waals surface area contributed by atoms with Gasteiger partial charge in [-0.2, -0.15) is 0 Å². The van der Waals surface area contributed by atoms with Crippen LogP contribution in [0.15, 0.2) is 0 Å². The molecule has 0 spiro atoms. The van der Waals surface area contributed by atoms with E-state index >= 15 is 0 Å². The van der Waals surface area contributed by atoms with Crippen molar-refractivity contribution in [2.45, 2.75) is 44.7 Å². The Balaban J connectivity index is 4.59. The van der Waals surface area contributed by atoms with E-state index in [1.807, 2.05) is 0 Å². The first-order valence-corrected chi connectivity index (χ1v) is 12.7. The number of ether oxygens (including phenoxy) is 1. The number of carbonyl (C=O) groups excluding carboxylic acids is 1. The quantitative estimate of drug-likeness (QED) is 0.282. The number of hydrogen-bond donors (Lipinski definition) is 0. The largest absolute Gasteiger partial charge is 0.500 e. The average Bonchev–Trinajstić information content (AvgIpc) is 2.67. The van der Waals surface area contributed by atoms with Gasteiger partial charge in [0, 0.05) is 61.7 Å². The summed E-state index contributed by atoms with van der Waals surface area (Å²) in [4.78, 5) is 11.2. The monoisotopic (exact) mass is 412 g/mol. The van der Waals surface area contributed by atoms with Gasteiger partial charge in [-0.3, -0.25) is 4.79 Å². The van der Waals surface area contributed by atoms with Crippen LogP contribution in [0.25, 0.3) is 0 Å². The molecule has 0 saturated heterocycles. The van der Waals surface area contributed by atoms with E-state index in [2.05, 4.69) is 0 Å². The lowest BCUT2D eigenvalue weighted by Gasteiger charge is -2.26. The zero-order chi connectivity index (χ0) is 20.1. The van der Waals surface area contributed by atoms with Gasteiger partial charge in [-0.05, 0) is 31.6 Å². The van der Waals surface area contributed by atoms with Crippen molar-refractivity contribution in [2.24, 2.45) is 5.92 Å². The first-order valence-electron chi connectivity index (χ1n) is 8.80. The summed E-state index contributed by atoms with van der Waals surface area (Å²) in [5.41, 5.74) is 0. The van der Waals surface area contributed by atoms with E-state index in [9.17, 15) is 4.79 Å². The minimum absolute atomic E-state index is 0.244. The minimum Gasteiger partial charge on any atom is -0.466 e. The molecule has 0 aliphatic rings. The molecule has 8 nitrogen and oxygen atoms in total. The molecule has 0 N–H and O–H groups in total. The molecular weight excluding hydrogens is 376 g/mol. The van der Waals surface area contributed by atoms with Gasteiger partial charge in [0.15, 0.2) is 0 Å². The van der Waals surface area contributed by atoms with Crippen molar-refractivity contribution in [3.05, 3.63) is 0 Å². The molecular formula is C16H36O8Si2. The van der Waals surface area contributed by atoms with Gasteiger partial charge in [-0.15, -0.1) is 0 Å². The normalized spacial score (nSPS) is 12.6. The lowest BCUT2D eigenvalue weighted by molar-refractivity contribution is -0.142. The fourth-order valence-corrected chi connectivity index (χ4v) is 6.37. The van der Waals surface area contributed by atoms with E-state index in [-0.39, 0.29) is 11.9 Å². The predicted octanol–water partition coefficient (Wildman–Crippen LogP) is 2.48. The summed E-state index contributed by atoms with van der Waals surface area (Å²) in [5.74, 6) is -0.0211. The zero-order valence-corrected chi connectivity index (χ0v) is 19.3. The highest BCUT2D eigenvalue weighted by Crippen LogP contribution is 2.24. The van der Waals surface area contributed by atoms with Crippen molar-refractivity contribution in [1.82, 2.24) is 0 Å². The third-order valence-electron chi connectivity index (χ3n) is 4.58. The second-order valence-electron chi connectivity index (χ2n) is 6.04. The Morgan fingerprint density at radius 2 is 1.08 bits per heavy atom. The molecule has 0 aromatic heterocycles. The fourth-order valence-electron chi connectivity index (χ4n) is 2.87. The van der Waals surface area contributed by atoms with Crippen LogP contribution in [0, 0.1) is 5.92 Å². The molecule has 0 fully saturated rings. The second kappa shape index (κ2) is 13.8. The van der Waals surface area contributed by atoms with Crippen molar-refractivity contribution in [3.8, 4) is 0 Å². The predicted molar refractivity (Wildman–Crippen MR) is 102 cm³/mol. The first kappa shape index (κ1) is 25.7. The SMILES string of the molecule is CO[Si](CCCC(CCC[Si](OC)(OC)OC)COC(C)=O)(OC)OC. The Bertz CT molecular complexity index is 333. The van der Waals surface area contributed by atoms with E-state index in [0.717, 1.165) is 37.8 Å². The van der Waals surface area contributed by atoms with E-state index in [1.165, 1.54) is 6.92 Å².